The van der Waals surface area contributed by atoms with Gasteiger partial charge in [-0.2, -0.15) is 0 Å². The van der Waals surface area contributed by atoms with E-state index >= 15 is 0 Å². The first-order valence-electron chi connectivity index (χ1n) is 9.11. The van der Waals surface area contributed by atoms with E-state index in [4.69, 9.17) is 0 Å². The summed E-state index contributed by atoms with van der Waals surface area (Å²) in [5, 5.41) is 2.99. The molecule has 0 atom stereocenters. The van der Waals surface area contributed by atoms with Crippen molar-refractivity contribution < 1.29 is 9.59 Å². The van der Waals surface area contributed by atoms with Gasteiger partial charge >= 0.3 is 6.03 Å². The summed E-state index contributed by atoms with van der Waals surface area (Å²) >= 11 is 0. The Morgan fingerprint density at radius 1 is 1.00 bits per heavy atom. The molecule has 1 aliphatic rings. The maximum atomic E-state index is 12.5. The number of nitrogens with one attached hydrogen (secondary N) is 1. The molecule has 1 saturated heterocycles. The Labute approximate surface area is 151 Å². The van der Waals surface area contributed by atoms with Crippen molar-refractivity contribution >= 4 is 11.9 Å². The highest BCUT2D eigenvalue weighted by Gasteiger charge is 2.23. The van der Waals surface area contributed by atoms with Crippen LogP contribution in [0.1, 0.15) is 38.3 Å². The van der Waals surface area contributed by atoms with Crippen molar-refractivity contribution in [1.82, 2.24) is 15.1 Å². The van der Waals surface area contributed by atoms with Gasteiger partial charge in [-0.1, -0.05) is 50.6 Å². The van der Waals surface area contributed by atoms with Crippen LogP contribution in [-0.2, 0) is 11.2 Å². The van der Waals surface area contributed by atoms with Crippen molar-refractivity contribution in [2.45, 2.75) is 40.5 Å². The molecular weight excluding hydrogens is 314 g/mol. The van der Waals surface area contributed by atoms with Crippen LogP contribution < -0.4 is 5.32 Å². The summed E-state index contributed by atoms with van der Waals surface area (Å²) in [6.45, 7) is 11.6. The molecule has 1 aromatic rings. The highest BCUT2D eigenvalue weighted by molar-refractivity contribution is 5.79. The molecule has 0 aromatic heterocycles. The topological polar surface area (TPSA) is 52.7 Å². The van der Waals surface area contributed by atoms with Crippen LogP contribution in [0.5, 0.6) is 0 Å². The summed E-state index contributed by atoms with van der Waals surface area (Å²) in [6, 6.07) is 8.07. The van der Waals surface area contributed by atoms with Gasteiger partial charge in [0, 0.05) is 32.7 Å². The van der Waals surface area contributed by atoms with Crippen LogP contribution in [-0.4, -0.2) is 54.5 Å². The predicted molar refractivity (Wildman–Crippen MR) is 101 cm³/mol. The highest BCUT2D eigenvalue weighted by Crippen LogP contribution is 2.12. The van der Waals surface area contributed by atoms with Gasteiger partial charge in [-0.15, -0.1) is 0 Å². The number of nitrogens with zero attached hydrogens (tertiary/aromatic N) is 2. The Morgan fingerprint density at radius 3 is 2.24 bits per heavy atom. The van der Waals surface area contributed by atoms with Gasteiger partial charge in [0.05, 0.1) is 6.42 Å². The van der Waals surface area contributed by atoms with E-state index in [0.717, 1.165) is 12.0 Å². The third-order valence-corrected chi connectivity index (χ3v) is 4.38. The van der Waals surface area contributed by atoms with Crippen LogP contribution >= 0.6 is 0 Å². The molecule has 0 aliphatic carbocycles. The Hall–Kier alpha value is -2.04. The van der Waals surface area contributed by atoms with E-state index in [-0.39, 0.29) is 17.4 Å². The van der Waals surface area contributed by atoms with Crippen molar-refractivity contribution in [3.8, 4) is 0 Å². The molecule has 138 valence electrons. The van der Waals surface area contributed by atoms with Gasteiger partial charge in [0.25, 0.3) is 0 Å². The fourth-order valence-electron chi connectivity index (χ4n) is 2.81. The normalized spacial score (nSPS) is 15.7. The lowest BCUT2D eigenvalue weighted by molar-refractivity contribution is -0.130. The number of amides is 3. The van der Waals surface area contributed by atoms with Crippen LogP contribution in [0.25, 0.3) is 0 Å². The van der Waals surface area contributed by atoms with Crippen LogP contribution in [0, 0.1) is 12.3 Å². The van der Waals surface area contributed by atoms with Gasteiger partial charge in [-0.05, 0) is 24.3 Å². The molecule has 0 unspecified atom stereocenters. The monoisotopic (exact) mass is 345 g/mol. The molecule has 1 N–H and O–H groups in total. The fourth-order valence-corrected chi connectivity index (χ4v) is 2.81. The lowest BCUT2D eigenvalue weighted by Crippen LogP contribution is -2.45. The van der Waals surface area contributed by atoms with E-state index < -0.39 is 0 Å². The first-order valence-corrected chi connectivity index (χ1v) is 9.11. The number of hydrogen-bond donors (Lipinski definition) is 1. The van der Waals surface area contributed by atoms with E-state index in [2.05, 4.69) is 26.1 Å². The molecule has 1 aromatic carbocycles. The SMILES string of the molecule is Cc1ccc(CC(=O)N2CCCN(C(=O)NCC(C)(C)C)CC2)cc1. The van der Waals surface area contributed by atoms with Gasteiger partial charge in [-0.25, -0.2) is 4.79 Å². The van der Waals surface area contributed by atoms with Crippen LogP contribution in [0.2, 0.25) is 0 Å². The molecule has 0 bridgehead atoms. The van der Waals surface area contributed by atoms with Crippen molar-refractivity contribution in [3.05, 3.63) is 35.4 Å². The molecule has 25 heavy (non-hydrogen) atoms. The minimum Gasteiger partial charge on any atom is -0.341 e. The lowest BCUT2D eigenvalue weighted by Gasteiger charge is -2.25. The summed E-state index contributed by atoms with van der Waals surface area (Å²) in [6.07, 6.45) is 1.25. The predicted octanol–water partition coefficient (Wildman–Crippen LogP) is 2.83. The largest absolute Gasteiger partial charge is 0.341 e. The minimum atomic E-state index is -0.0252. The Balaban J connectivity index is 1.84. The van der Waals surface area contributed by atoms with Crippen molar-refractivity contribution in [3.63, 3.8) is 0 Å². The van der Waals surface area contributed by atoms with E-state index in [9.17, 15) is 9.59 Å². The maximum Gasteiger partial charge on any atom is 0.317 e. The smallest absolute Gasteiger partial charge is 0.317 e. The fraction of sp³-hybridized carbons (Fsp3) is 0.600. The maximum absolute atomic E-state index is 12.5. The summed E-state index contributed by atoms with van der Waals surface area (Å²) in [5.41, 5.74) is 2.31. The van der Waals surface area contributed by atoms with E-state index in [1.807, 2.05) is 41.0 Å². The van der Waals surface area contributed by atoms with Crippen LogP contribution in [0.15, 0.2) is 24.3 Å². The van der Waals surface area contributed by atoms with Crippen LogP contribution in [0.3, 0.4) is 0 Å². The number of urea groups is 1. The first-order chi connectivity index (χ1) is 11.7. The average molecular weight is 345 g/mol. The summed E-state index contributed by atoms with van der Waals surface area (Å²) in [4.78, 5) is 28.6. The number of carbonyl (C=O) groups is 2. The minimum absolute atomic E-state index is 0.0252. The van der Waals surface area contributed by atoms with Crippen molar-refractivity contribution in [1.29, 1.82) is 0 Å². The van der Waals surface area contributed by atoms with E-state index in [0.29, 0.717) is 39.1 Å². The van der Waals surface area contributed by atoms with Gasteiger partial charge in [0.15, 0.2) is 0 Å². The van der Waals surface area contributed by atoms with E-state index in [1.54, 1.807) is 0 Å². The number of carbonyl (C=O) groups excluding carboxylic acids is 2. The first kappa shape index (κ1) is 19.3. The lowest BCUT2D eigenvalue weighted by atomic mass is 9.97. The van der Waals surface area contributed by atoms with Gasteiger partial charge in [0.2, 0.25) is 5.91 Å². The molecule has 5 nitrogen and oxygen atoms in total. The molecule has 0 saturated carbocycles. The molecule has 1 fully saturated rings. The Morgan fingerprint density at radius 2 is 1.60 bits per heavy atom. The van der Waals surface area contributed by atoms with Crippen molar-refractivity contribution in [2.24, 2.45) is 5.41 Å². The second kappa shape index (κ2) is 8.37. The Bertz CT molecular complexity index is 590. The zero-order chi connectivity index (χ0) is 18.4. The van der Waals surface area contributed by atoms with Gasteiger partial charge < -0.3 is 15.1 Å². The van der Waals surface area contributed by atoms with Gasteiger partial charge in [-0.3, -0.25) is 4.79 Å². The molecule has 0 spiro atoms. The number of benzene rings is 1. The molecule has 5 heteroatoms. The quantitative estimate of drug-likeness (QED) is 0.916. The molecule has 1 aliphatic heterocycles. The Kier molecular flexibility index (Phi) is 6.45. The molecule has 3 amide bonds. The van der Waals surface area contributed by atoms with Crippen molar-refractivity contribution in [2.75, 3.05) is 32.7 Å². The zero-order valence-corrected chi connectivity index (χ0v) is 16.0. The molecule has 1 heterocycles. The third kappa shape index (κ3) is 6.40. The van der Waals surface area contributed by atoms with Crippen LogP contribution in [0.4, 0.5) is 4.79 Å². The standard InChI is InChI=1S/C20H31N3O2/c1-16-6-8-17(9-7-16)14-18(24)22-10-5-11-23(13-12-22)19(25)21-15-20(2,3)4/h6-9H,5,10-15H2,1-4H3,(H,21,25). The summed E-state index contributed by atoms with van der Waals surface area (Å²) in [5.74, 6) is 0.140. The third-order valence-electron chi connectivity index (χ3n) is 4.38. The van der Waals surface area contributed by atoms with E-state index in [1.165, 1.54) is 5.56 Å². The second-order valence-electron chi connectivity index (χ2n) is 8.10. The summed E-state index contributed by atoms with van der Waals surface area (Å²) < 4.78 is 0. The van der Waals surface area contributed by atoms with Gasteiger partial charge in [0.1, 0.15) is 0 Å². The highest BCUT2D eigenvalue weighted by atomic mass is 16.2. The average Bonchev–Trinajstić information content (AvgIpc) is 2.80. The zero-order valence-electron chi connectivity index (χ0n) is 16.0. The number of hydrogen-bond acceptors (Lipinski definition) is 2. The molecule has 0 radical (unpaired) electrons. The number of rotatable bonds is 3. The molecular formula is C20H31N3O2. The summed E-state index contributed by atoms with van der Waals surface area (Å²) in [7, 11) is 0. The number of aryl methyl sites for hydroxylation is 1. The second-order valence-corrected chi connectivity index (χ2v) is 8.10. The molecule has 2 rings (SSSR count).